The number of amides is 2. The Labute approximate surface area is 224 Å². The SMILES string of the molecule is O=C(NC1CC1)c1ccc(Cn2c(SCC(=O)N3CCCc4ccccc43)nc3ccccc3c2=O)cc1. The van der Waals surface area contributed by atoms with Crippen LogP contribution in [0, 0.1) is 0 Å². The highest BCUT2D eigenvalue weighted by atomic mass is 32.2. The molecule has 2 aliphatic rings. The number of hydrogen-bond acceptors (Lipinski definition) is 5. The molecule has 6 rings (SSSR count). The summed E-state index contributed by atoms with van der Waals surface area (Å²) in [7, 11) is 0. The van der Waals surface area contributed by atoms with Gasteiger partial charge >= 0.3 is 0 Å². The van der Waals surface area contributed by atoms with Gasteiger partial charge in [0.25, 0.3) is 11.5 Å². The van der Waals surface area contributed by atoms with E-state index >= 15 is 0 Å². The maximum absolute atomic E-state index is 13.5. The number of carbonyl (C=O) groups is 2. The molecule has 192 valence electrons. The molecular weight excluding hydrogens is 496 g/mol. The summed E-state index contributed by atoms with van der Waals surface area (Å²) in [6.45, 7) is 0.985. The minimum absolute atomic E-state index is 0.00198. The van der Waals surface area contributed by atoms with Crippen LogP contribution in [0.2, 0.25) is 0 Å². The van der Waals surface area contributed by atoms with Gasteiger partial charge in [-0.2, -0.15) is 0 Å². The van der Waals surface area contributed by atoms with Crippen LogP contribution >= 0.6 is 11.8 Å². The van der Waals surface area contributed by atoms with Crippen LogP contribution in [0.1, 0.15) is 40.7 Å². The summed E-state index contributed by atoms with van der Waals surface area (Å²) in [5.41, 5.74) is 4.10. The molecule has 1 N–H and O–H groups in total. The predicted octanol–water partition coefficient (Wildman–Crippen LogP) is 4.41. The fourth-order valence-corrected chi connectivity index (χ4v) is 5.71. The Balaban J connectivity index is 1.25. The van der Waals surface area contributed by atoms with Crippen molar-refractivity contribution < 1.29 is 9.59 Å². The second kappa shape index (κ2) is 10.5. The number of aromatic nitrogens is 2. The minimum atomic E-state index is -0.149. The average molecular weight is 525 g/mol. The standard InChI is InChI=1S/C30H28N4O3S/c35-27(33-17-5-7-21-6-1-4-10-26(21)33)19-38-30-32-25-9-3-2-8-24(25)29(37)34(30)18-20-11-13-22(14-12-20)28(36)31-23-15-16-23/h1-4,6,8-14,23H,5,7,15-19H2,(H,31,36). The molecule has 8 heteroatoms. The largest absolute Gasteiger partial charge is 0.349 e. The van der Waals surface area contributed by atoms with Crippen LogP contribution in [0.4, 0.5) is 5.69 Å². The molecule has 3 aromatic carbocycles. The zero-order valence-corrected chi connectivity index (χ0v) is 21.7. The van der Waals surface area contributed by atoms with Crippen LogP contribution < -0.4 is 15.8 Å². The van der Waals surface area contributed by atoms with Crippen molar-refractivity contribution in [3.8, 4) is 0 Å². The van der Waals surface area contributed by atoms with Gasteiger partial charge in [-0.15, -0.1) is 0 Å². The highest BCUT2D eigenvalue weighted by Gasteiger charge is 2.24. The highest BCUT2D eigenvalue weighted by Crippen LogP contribution is 2.28. The molecule has 1 aliphatic carbocycles. The highest BCUT2D eigenvalue weighted by molar-refractivity contribution is 7.99. The van der Waals surface area contributed by atoms with E-state index in [-0.39, 0.29) is 23.1 Å². The molecule has 0 saturated heterocycles. The predicted molar refractivity (Wildman–Crippen MR) is 150 cm³/mol. The van der Waals surface area contributed by atoms with E-state index in [1.807, 2.05) is 53.4 Å². The van der Waals surface area contributed by atoms with Gasteiger partial charge in [-0.1, -0.05) is 54.2 Å². The lowest BCUT2D eigenvalue weighted by Crippen LogP contribution is -2.36. The van der Waals surface area contributed by atoms with Gasteiger partial charge in [0.15, 0.2) is 5.16 Å². The fourth-order valence-electron chi connectivity index (χ4n) is 4.83. The lowest BCUT2D eigenvalue weighted by Gasteiger charge is -2.29. The number of anilines is 1. The van der Waals surface area contributed by atoms with Crippen LogP contribution in [0.5, 0.6) is 0 Å². The number of para-hydroxylation sites is 2. The molecule has 1 aromatic heterocycles. The van der Waals surface area contributed by atoms with Crippen molar-refractivity contribution in [3.63, 3.8) is 0 Å². The van der Waals surface area contributed by atoms with E-state index in [1.165, 1.54) is 17.3 Å². The molecule has 7 nitrogen and oxygen atoms in total. The van der Waals surface area contributed by atoms with Gasteiger partial charge in [0.05, 0.1) is 23.2 Å². The minimum Gasteiger partial charge on any atom is -0.349 e. The van der Waals surface area contributed by atoms with Crippen LogP contribution in [0.25, 0.3) is 10.9 Å². The number of nitrogens with one attached hydrogen (secondary N) is 1. The Hall–Kier alpha value is -3.91. The lowest BCUT2D eigenvalue weighted by atomic mass is 10.0. The lowest BCUT2D eigenvalue weighted by molar-refractivity contribution is -0.116. The fraction of sp³-hybridized carbons (Fsp3) is 0.267. The van der Waals surface area contributed by atoms with E-state index < -0.39 is 0 Å². The first-order valence-corrected chi connectivity index (χ1v) is 14.0. The summed E-state index contributed by atoms with van der Waals surface area (Å²) >= 11 is 1.29. The maximum Gasteiger partial charge on any atom is 0.262 e. The van der Waals surface area contributed by atoms with E-state index in [1.54, 1.807) is 22.8 Å². The van der Waals surface area contributed by atoms with Crippen molar-refractivity contribution in [3.05, 3.63) is 99.8 Å². The number of rotatable bonds is 7. The van der Waals surface area contributed by atoms with Crippen molar-refractivity contribution >= 4 is 40.2 Å². The second-order valence-electron chi connectivity index (χ2n) is 9.81. The molecular formula is C30H28N4O3S. The molecule has 4 aromatic rings. The van der Waals surface area contributed by atoms with E-state index in [2.05, 4.69) is 11.4 Å². The van der Waals surface area contributed by atoms with E-state index in [9.17, 15) is 14.4 Å². The van der Waals surface area contributed by atoms with Gasteiger partial charge in [0.1, 0.15) is 0 Å². The number of hydrogen-bond donors (Lipinski definition) is 1. The zero-order valence-electron chi connectivity index (χ0n) is 20.9. The summed E-state index contributed by atoms with van der Waals surface area (Å²) in [5, 5.41) is 4.03. The second-order valence-corrected chi connectivity index (χ2v) is 10.8. The first kappa shape index (κ1) is 24.4. The van der Waals surface area contributed by atoms with Gasteiger partial charge in [-0.25, -0.2) is 4.98 Å². The third kappa shape index (κ3) is 5.09. The maximum atomic E-state index is 13.5. The van der Waals surface area contributed by atoms with Crippen LogP contribution in [0.3, 0.4) is 0 Å². The Morgan fingerprint density at radius 1 is 0.974 bits per heavy atom. The summed E-state index contributed by atoms with van der Waals surface area (Å²) in [6.07, 6.45) is 3.98. The monoisotopic (exact) mass is 524 g/mol. The Kier molecular flexibility index (Phi) is 6.72. The number of fused-ring (bicyclic) bond motifs is 2. The van der Waals surface area contributed by atoms with Crippen LogP contribution in [0.15, 0.2) is 82.7 Å². The van der Waals surface area contributed by atoms with Gasteiger partial charge in [-0.3, -0.25) is 19.0 Å². The zero-order chi connectivity index (χ0) is 26.1. The molecule has 0 unspecified atom stereocenters. The summed E-state index contributed by atoms with van der Waals surface area (Å²) in [6, 6.07) is 22.9. The molecule has 0 atom stereocenters. The summed E-state index contributed by atoms with van der Waals surface area (Å²) in [4.78, 5) is 45.8. The first-order chi connectivity index (χ1) is 18.6. The van der Waals surface area contributed by atoms with Gasteiger partial charge in [-0.05, 0) is 67.1 Å². The number of carbonyl (C=O) groups excluding carboxylic acids is 2. The van der Waals surface area contributed by atoms with Gasteiger partial charge in [0, 0.05) is 23.8 Å². The topological polar surface area (TPSA) is 84.3 Å². The third-order valence-corrected chi connectivity index (χ3v) is 7.99. The molecule has 2 heterocycles. The third-order valence-electron chi connectivity index (χ3n) is 7.03. The molecule has 0 spiro atoms. The smallest absolute Gasteiger partial charge is 0.262 e. The van der Waals surface area contributed by atoms with E-state index in [0.29, 0.717) is 40.8 Å². The quantitative estimate of drug-likeness (QED) is 0.286. The molecule has 0 bridgehead atoms. The molecule has 1 aliphatic heterocycles. The number of benzene rings is 3. The Morgan fingerprint density at radius 3 is 2.55 bits per heavy atom. The molecule has 0 radical (unpaired) electrons. The number of aryl methyl sites for hydroxylation is 1. The Morgan fingerprint density at radius 2 is 1.74 bits per heavy atom. The molecule has 38 heavy (non-hydrogen) atoms. The van der Waals surface area contributed by atoms with Crippen molar-refractivity contribution in [1.29, 1.82) is 0 Å². The molecule has 1 fully saturated rings. The van der Waals surface area contributed by atoms with Crippen molar-refractivity contribution in [2.24, 2.45) is 0 Å². The number of nitrogens with zero attached hydrogens (tertiary/aromatic N) is 3. The van der Waals surface area contributed by atoms with Crippen LogP contribution in [-0.4, -0.2) is 39.7 Å². The van der Waals surface area contributed by atoms with Gasteiger partial charge in [0.2, 0.25) is 5.91 Å². The first-order valence-electron chi connectivity index (χ1n) is 13.0. The molecule has 2 amide bonds. The van der Waals surface area contributed by atoms with Crippen LogP contribution in [-0.2, 0) is 17.8 Å². The normalized spacial score (nSPS) is 14.8. The Bertz CT molecular complexity index is 1580. The van der Waals surface area contributed by atoms with Gasteiger partial charge < -0.3 is 10.2 Å². The summed E-state index contributed by atoms with van der Waals surface area (Å²) < 4.78 is 1.63. The van der Waals surface area contributed by atoms with Crippen molar-refractivity contribution in [2.45, 2.75) is 43.4 Å². The summed E-state index contributed by atoms with van der Waals surface area (Å²) in [5.74, 6) is 0.110. The van der Waals surface area contributed by atoms with E-state index in [0.717, 1.165) is 36.9 Å². The van der Waals surface area contributed by atoms with Crippen molar-refractivity contribution in [1.82, 2.24) is 14.9 Å². The molecule has 1 saturated carbocycles. The number of thioether (sulfide) groups is 1. The van der Waals surface area contributed by atoms with E-state index in [4.69, 9.17) is 4.98 Å². The van der Waals surface area contributed by atoms with Crippen molar-refractivity contribution in [2.75, 3.05) is 17.2 Å². The average Bonchev–Trinajstić information content (AvgIpc) is 3.77.